The van der Waals surface area contributed by atoms with Crippen LogP contribution in [0, 0.1) is 27.4 Å². The van der Waals surface area contributed by atoms with Gasteiger partial charge in [-0.3, -0.25) is 19.9 Å². The van der Waals surface area contributed by atoms with Crippen molar-refractivity contribution in [1.82, 2.24) is 0 Å². The average Bonchev–Trinajstić information content (AvgIpc) is 2.39. The van der Waals surface area contributed by atoms with E-state index in [1.54, 1.807) is 13.0 Å². The Balaban J connectivity index is 2.90. The molecule has 0 N–H and O–H groups in total. The van der Waals surface area contributed by atoms with E-state index in [9.17, 15) is 14.9 Å². The van der Waals surface area contributed by atoms with Crippen molar-refractivity contribution >= 4 is 35.2 Å². The van der Waals surface area contributed by atoms with Gasteiger partial charge >= 0.3 is 5.97 Å². The third-order valence-corrected chi connectivity index (χ3v) is 2.48. The second-order valence-corrected chi connectivity index (χ2v) is 3.94. The average molecular weight is 296 g/mol. The summed E-state index contributed by atoms with van der Waals surface area (Å²) >= 11 is 5.71. The summed E-state index contributed by atoms with van der Waals surface area (Å²) in [6.45, 7) is 1.79. The van der Waals surface area contributed by atoms with Crippen LogP contribution in [0.4, 0.5) is 11.4 Å². The summed E-state index contributed by atoms with van der Waals surface area (Å²) in [6, 6.07) is 5.57. The van der Waals surface area contributed by atoms with E-state index >= 15 is 0 Å². The van der Waals surface area contributed by atoms with E-state index in [4.69, 9.17) is 16.9 Å². The van der Waals surface area contributed by atoms with Gasteiger partial charge in [-0.05, 0) is 19.1 Å². The van der Waals surface area contributed by atoms with Crippen molar-refractivity contribution in [3.8, 4) is 6.07 Å². The Morgan fingerprint density at radius 2 is 2.40 bits per heavy atom. The van der Waals surface area contributed by atoms with E-state index < -0.39 is 16.8 Å². The first kappa shape index (κ1) is 15.6. The highest BCUT2D eigenvalue weighted by Gasteiger charge is 2.17. The Hall–Kier alpha value is -2.46. The first-order valence-electron chi connectivity index (χ1n) is 5.54. The van der Waals surface area contributed by atoms with Gasteiger partial charge in [0.1, 0.15) is 5.02 Å². The lowest BCUT2D eigenvalue weighted by molar-refractivity contribution is -0.384. The smallest absolute Gasteiger partial charge is 0.328 e. The Labute approximate surface area is 119 Å². The summed E-state index contributed by atoms with van der Waals surface area (Å²) in [5.41, 5.74) is 0.0537. The minimum absolute atomic E-state index is 0.0747. The van der Waals surface area contributed by atoms with Crippen LogP contribution in [0.5, 0.6) is 0 Å². The molecule has 1 aromatic carbocycles. The SMILES string of the molecule is CCOC(=O)C(C#N)C=Nc1ccc([N+](=O)[O-])c(Cl)c1. The van der Waals surface area contributed by atoms with Crippen molar-refractivity contribution in [1.29, 1.82) is 5.26 Å². The fourth-order valence-corrected chi connectivity index (χ4v) is 1.51. The largest absolute Gasteiger partial charge is 0.465 e. The number of aliphatic imine (C=N–C) groups is 1. The number of carbonyl (C=O) groups excluding carboxylic acids is 1. The minimum atomic E-state index is -1.14. The summed E-state index contributed by atoms with van der Waals surface area (Å²) in [4.78, 5) is 25.2. The van der Waals surface area contributed by atoms with Gasteiger partial charge in [-0.1, -0.05) is 11.6 Å². The van der Waals surface area contributed by atoms with Gasteiger partial charge in [0.2, 0.25) is 0 Å². The molecule has 0 aromatic heterocycles. The number of nitro benzene ring substituents is 1. The molecule has 0 radical (unpaired) electrons. The first-order valence-corrected chi connectivity index (χ1v) is 5.91. The number of benzene rings is 1. The highest BCUT2D eigenvalue weighted by molar-refractivity contribution is 6.32. The standard InChI is InChI=1S/C12H10ClN3O4/c1-2-20-12(17)8(6-14)7-15-9-3-4-11(16(18)19)10(13)5-9/h3-5,7-8H,2H2,1H3. The zero-order chi connectivity index (χ0) is 15.1. The number of hydrogen-bond acceptors (Lipinski definition) is 6. The summed E-state index contributed by atoms with van der Waals surface area (Å²) < 4.78 is 4.69. The van der Waals surface area contributed by atoms with Gasteiger partial charge in [0.05, 0.1) is 23.3 Å². The van der Waals surface area contributed by atoms with Gasteiger partial charge in [-0.15, -0.1) is 0 Å². The molecule has 0 aliphatic carbocycles. The second kappa shape index (κ2) is 7.21. The van der Waals surface area contributed by atoms with E-state index in [1.165, 1.54) is 18.2 Å². The van der Waals surface area contributed by atoms with Crippen molar-refractivity contribution in [2.45, 2.75) is 6.92 Å². The van der Waals surface area contributed by atoms with E-state index in [1.807, 2.05) is 0 Å². The third kappa shape index (κ3) is 4.03. The van der Waals surface area contributed by atoms with Gasteiger partial charge in [0.25, 0.3) is 5.69 Å². The van der Waals surface area contributed by atoms with E-state index in [0.717, 1.165) is 6.21 Å². The molecular weight excluding hydrogens is 286 g/mol. The highest BCUT2D eigenvalue weighted by Crippen LogP contribution is 2.28. The number of esters is 1. The van der Waals surface area contributed by atoms with Gasteiger partial charge in [-0.25, -0.2) is 0 Å². The highest BCUT2D eigenvalue weighted by atomic mass is 35.5. The number of nitro groups is 1. The lowest BCUT2D eigenvalue weighted by Crippen LogP contribution is -2.17. The van der Waals surface area contributed by atoms with Crippen LogP contribution in [-0.2, 0) is 9.53 Å². The monoisotopic (exact) mass is 295 g/mol. The summed E-state index contributed by atoms with van der Waals surface area (Å²) in [6.07, 6.45) is 1.11. The molecule has 8 heteroatoms. The Morgan fingerprint density at radius 3 is 2.90 bits per heavy atom. The van der Waals surface area contributed by atoms with Gasteiger partial charge in [0, 0.05) is 12.3 Å². The maximum Gasteiger partial charge on any atom is 0.328 e. The fraction of sp³-hybridized carbons (Fsp3) is 0.250. The van der Waals surface area contributed by atoms with Gasteiger partial charge < -0.3 is 4.74 Å². The molecule has 0 aliphatic rings. The molecule has 0 fully saturated rings. The van der Waals surface area contributed by atoms with Crippen LogP contribution < -0.4 is 0 Å². The van der Waals surface area contributed by atoms with Crippen LogP contribution >= 0.6 is 11.6 Å². The number of carbonyl (C=O) groups is 1. The number of nitriles is 1. The van der Waals surface area contributed by atoms with Crippen molar-refractivity contribution < 1.29 is 14.5 Å². The molecule has 0 spiro atoms. The Morgan fingerprint density at radius 1 is 1.70 bits per heavy atom. The molecule has 0 heterocycles. The van der Waals surface area contributed by atoms with Gasteiger partial charge in [-0.2, -0.15) is 5.26 Å². The van der Waals surface area contributed by atoms with Crippen LogP contribution in [0.15, 0.2) is 23.2 Å². The lowest BCUT2D eigenvalue weighted by atomic mass is 10.2. The molecule has 0 aliphatic heterocycles. The zero-order valence-corrected chi connectivity index (χ0v) is 11.2. The van der Waals surface area contributed by atoms with Crippen molar-refractivity contribution in [3.63, 3.8) is 0 Å². The van der Waals surface area contributed by atoms with Crippen molar-refractivity contribution in [3.05, 3.63) is 33.3 Å². The molecular formula is C12H10ClN3O4. The fourth-order valence-electron chi connectivity index (χ4n) is 1.26. The maximum atomic E-state index is 11.4. The quantitative estimate of drug-likeness (QED) is 0.359. The molecule has 104 valence electrons. The molecule has 7 nitrogen and oxygen atoms in total. The normalized spacial score (nSPS) is 11.8. The predicted octanol–water partition coefficient (Wildman–Crippen LogP) is 2.65. The Kier molecular flexibility index (Phi) is 5.62. The topological polar surface area (TPSA) is 106 Å². The van der Waals surface area contributed by atoms with Crippen LogP contribution in [0.2, 0.25) is 5.02 Å². The van der Waals surface area contributed by atoms with E-state index in [0.29, 0.717) is 5.69 Å². The number of ether oxygens (including phenoxy) is 1. The lowest BCUT2D eigenvalue weighted by Gasteiger charge is -2.02. The summed E-state index contributed by atoms with van der Waals surface area (Å²) in [5, 5.41) is 19.3. The third-order valence-electron chi connectivity index (χ3n) is 2.18. The summed E-state index contributed by atoms with van der Waals surface area (Å²) in [5.74, 6) is -1.84. The summed E-state index contributed by atoms with van der Waals surface area (Å²) in [7, 11) is 0. The number of rotatable bonds is 5. The molecule has 1 rings (SSSR count). The molecule has 0 saturated carbocycles. The second-order valence-electron chi connectivity index (χ2n) is 3.53. The van der Waals surface area contributed by atoms with Crippen molar-refractivity contribution in [2.24, 2.45) is 10.9 Å². The predicted molar refractivity (Wildman–Crippen MR) is 72.0 cm³/mol. The van der Waals surface area contributed by atoms with Gasteiger partial charge in [0.15, 0.2) is 5.92 Å². The molecule has 0 bridgehead atoms. The van der Waals surface area contributed by atoms with E-state index in [-0.39, 0.29) is 17.3 Å². The minimum Gasteiger partial charge on any atom is -0.465 e. The molecule has 0 saturated heterocycles. The molecule has 1 atom stereocenters. The zero-order valence-electron chi connectivity index (χ0n) is 10.4. The molecule has 1 aromatic rings. The van der Waals surface area contributed by atoms with Crippen molar-refractivity contribution in [2.75, 3.05) is 6.61 Å². The molecule has 0 amide bonds. The first-order chi connectivity index (χ1) is 9.49. The van der Waals surface area contributed by atoms with Crippen LogP contribution in [0.25, 0.3) is 0 Å². The Bertz CT molecular complexity index is 595. The number of nitrogens with zero attached hydrogens (tertiary/aromatic N) is 3. The van der Waals surface area contributed by atoms with E-state index in [2.05, 4.69) is 9.73 Å². The number of halogens is 1. The number of hydrogen-bond donors (Lipinski definition) is 0. The van der Waals surface area contributed by atoms with Crippen LogP contribution in [0.1, 0.15) is 6.92 Å². The van der Waals surface area contributed by atoms with Crippen LogP contribution in [0.3, 0.4) is 0 Å². The van der Waals surface area contributed by atoms with Crippen LogP contribution in [-0.4, -0.2) is 23.7 Å². The molecule has 20 heavy (non-hydrogen) atoms. The maximum absolute atomic E-state index is 11.4. The molecule has 1 unspecified atom stereocenters.